The van der Waals surface area contributed by atoms with Crippen LogP contribution in [0.1, 0.15) is 39.0 Å². The van der Waals surface area contributed by atoms with Crippen LogP contribution in [0.3, 0.4) is 0 Å². The third kappa shape index (κ3) is 3.15. The molecule has 0 aliphatic heterocycles. The van der Waals surface area contributed by atoms with Gasteiger partial charge in [0.15, 0.2) is 0 Å². The Labute approximate surface area is 106 Å². The molecule has 1 heterocycles. The number of anilines is 1. The lowest BCUT2D eigenvalue weighted by Gasteiger charge is -2.33. The summed E-state index contributed by atoms with van der Waals surface area (Å²) in [6, 6.07) is 0. The molecule has 0 saturated heterocycles. The Morgan fingerprint density at radius 2 is 1.94 bits per heavy atom. The van der Waals surface area contributed by atoms with Gasteiger partial charge in [-0.2, -0.15) is 0 Å². The van der Waals surface area contributed by atoms with Crippen LogP contribution in [0.15, 0.2) is 12.4 Å². The van der Waals surface area contributed by atoms with Crippen molar-refractivity contribution in [1.82, 2.24) is 9.97 Å². The van der Waals surface area contributed by atoms with Gasteiger partial charge in [0, 0.05) is 6.54 Å². The van der Waals surface area contributed by atoms with Gasteiger partial charge in [-0.3, -0.25) is 10.1 Å². The Balaban J connectivity index is 1.91. The van der Waals surface area contributed by atoms with Crippen molar-refractivity contribution < 1.29 is 4.92 Å². The lowest BCUT2D eigenvalue weighted by Crippen LogP contribution is -2.29. The van der Waals surface area contributed by atoms with Crippen molar-refractivity contribution >= 4 is 11.6 Å². The molecule has 1 fully saturated rings. The first-order valence-corrected chi connectivity index (χ1v) is 6.29. The van der Waals surface area contributed by atoms with E-state index < -0.39 is 4.92 Å². The summed E-state index contributed by atoms with van der Waals surface area (Å²) in [5.41, 5.74) is 0.216. The first-order valence-electron chi connectivity index (χ1n) is 6.29. The van der Waals surface area contributed by atoms with E-state index in [0.29, 0.717) is 11.4 Å². The quantitative estimate of drug-likeness (QED) is 0.656. The van der Waals surface area contributed by atoms with Gasteiger partial charge in [0.2, 0.25) is 5.95 Å². The van der Waals surface area contributed by atoms with Crippen LogP contribution < -0.4 is 5.32 Å². The van der Waals surface area contributed by atoms with E-state index in [0.717, 1.165) is 6.54 Å². The van der Waals surface area contributed by atoms with Crippen molar-refractivity contribution in [2.24, 2.45) is 5.41 Å². The molecule has 0 radical (unpaired) electrons. The van der Waals surface area contributed by atoms with Gasteiger partial charge in [0.1, 0.15) is 12.4 Å². The van der Waals surface area contributed by atoms with Gasteiger partial charge >= 0.3 is 5.69 Å². The van der Waals surface area contributed by atoms with Crippen LogP contribution in [0.5, 0.6) is 0 Å². The Kier molecular flexibility index (Phi) is 3.74. The summed E-state index contributed by atoms with van der Waals surface area (Å²) in [6.45, 7) is 3.09. The predicted molar refractivity (Wildman–Crippen MR) is 68.4 cm³/mol. The highest BCUT2D eigenvalue weighted by atomic mass is 16.6. The van der Waals surface area contributed by atoms with E-state index in [-0.39, 0.29) is 5.69 Å². The number of nitrogens with zero attached hydrogens (tertiary/aromatic N) is 3. The molecule has 1 aliphatic rings. The highest BCUT2D eigenvalue weighted by Gasteiger charge is 2.26. The number of nitro groups is 1. The SMILES string of the molecule is CC1(CNc2ncc([N+](=O)[O-])cn2)CCCCC1. The number of nitrogens with one attached hydrogen (secondary N) is 1. The zero-order chi connectivity index (χ0) is 13.0. The molecule has 0 amide bonds. The highest BCUT2D eigenvalue weighted by molar-refractivity contribution is 5.30. The number of hydrogen-bond donors (Lipinski definition) is 1. The van der Waals surface area contributed by atoms with E-state index >= 15 is 0 Å². The predicted octanol–water partition coefficient (Wildman–Crippen LogP) is 2.77. The van der Waals surface area contributed by atoms with Crippen LogP contribution in [-0.4, -0.2) is 21.4 Å². The molecule has 0 aromatic carbocycles. The molecule has 1 aliphatic carbocycles. The van der Waals surface area contributed by atoms with Crippen LogP contribution in [0.25, 0.3) is 0 Å². The molecule has 0 atom stereocenters. The van der Waals surface area contributed by atoms with E-state index in [1.165, 1.54) is 44.5 Å². The summed E-state index contributed by atoms with van der Waals surface area (Å²) in [5.74, 6) is 0.465. The summed E-state index contributed by atoms with van der Waals surface area (Å²) in [5, 5.41) is 13.6. The molecule has 2 rings (SSSR count). The fourth-order valence-corrected chi connectivity index (χ4v) is 2.38. The minimum atomic E-state index is -0.494. The van der Waals surface area contributed by atoms with Gasteiger partial charge in [0.25, 0.3) is 0 Å². The van der Waals surface area contributed by atoms with E-state index in [4.69, 9.17) is 0 Å². The molecule has 0 bridgehead atoms. The van der Waals surface area contributed by atoms with Crippen LogP contribution >= 0.6 is 0 Å². The first kappa shape index (κ1) is 12.7. The fraction of sp³-hybridized carbons (Fsp3) is 0.667. The normalized spacial score (nSPS) is 18.3. The van der Waals surface area contributed by atoms with Gasteiger partial charge in [-0.05, 0) is 18.3 Å². The fourth-order valence-electron chi connectivity index (χ4n) is 2.38. The molecule has 98 valence electrons. The van der Waals surface area contributed by atoms with E-state index in [9.17, 15) is 10.1 Å². The van der Waals surface area contributed by atoms with Crippen LogP contribution in [-0.2, 0) is 0 Å². The first-order chi connectivity index (χ1) is 8.59. The summed E-state index contributed by atoms with van der Waals surface area (Å²) in [4.78, 5) is 17.9. The maximum atomic E-state index is 10.5. The molecule has 1 N–H and O–H groups in total. The second-order valence-electron chi connectivity index (χ2n) is 5.25. The van der Waals surface area contributed by atoms with Crippen molar-refractivity contribution in [3.8, 4) is 0 Å². The average molecular weight is 250 g/mol. The Morgan fingerprint density at radius 3 is 2.50 bits per heavy atom. The topological polar surface area (TPSA) is 81.0 Å². The summed E-state index contributed by atoms with van der Waals surface area (Å²) < 4.78 is 0. The zero-order valence-electron chi connectivity index (χ0n) is 10.6. The minimum Gasteiger partial charge on any atom is -0.354 e. The van der Waals surface area contributed by atoms with Crippen LogP contribution in [0, 0.1) is 15.5 Å². The number of rotatable bonds is 4. The molecule has 0 spiro atoms. The Hall–Kier alpha value is -1.72. The third-order valence-corrected chi connectivity index (χ3v) is 3.58. The molecule has 18 heavy (non-hydrogen) atoms. The van der Waals surface area contributed by atoms with Gasteiger partial charge < -0.3 is 5.32 Å². The Bertz CT molecular complexity index is 413. The molecular formula is C12H18N4O2. The van der Waals surface area contributed by atoms with Crippen molar-refractivity contribution in [3.05, 3.63) is 22.5 Å². The molecule has 1 aromatic rings. The molecule has 1 saturated carbocycles. The lowest BCUT2D eigenvalue weighted by molar-refractivity contribution is -0.385. The average Bonchev–Trinajstić information content (AvgIpc) is 2.38. The van der Waals surface area contributed by atoms with Gasteiger partial charge in [-0.1, -0.05) is 26.2 Å². The van der Waals surface area contributed by atoms with E-state index in [1.54, 1.807) is 0 Å². The largest absolute Gasteiger partial charge is 0.354 e. The zero-order valence-corrected chi connectivity index (χ0v) is 10.6. The smallest absolute Gasteiger partial charge is 0.305 e. The second-order valence-corrected chi connectivity index (χ2v) is 5.25. The summed E-state index contributed by atoms with van der Waals surface area (Å²) in [6.07, 6.45) is 8.78. The molecule has 6 heteroatoms. The maximum absolute atomic E-state index is 10.5. The molecular weight excluding hydrogens is 232 g/mol. The van der Waals surface area contributed by atoms with Gasteiger partial charge in [-0.25, -0.2) is 9.97 Å². The summed E-state index contributed by atoms with van der Waals surface area (Å²) >= 11 is 0. The van der Waals surface area contributed by atoms with Crippen molar-refractivity contribution in [2.45, 2.75) is 39.0 Å². The molecule has 0 unspecified atom stereocenters. The number of aromatic nitrogens is 2. The van der Waals surface area contributed by atoms with E-state index in [1.807, 2.05) is 0 Å². The molecule has 6 nitrogen and oxygen atoms in total. The van der Waals surface area contributed by atoms with Gasteiger partial charge in [-0.15, -0.1) is 0 Å². The third-order valence-electron chi connectivity index (χ3n) is 3.58. The lowest BCUT2D eigenvalue weighted by atomic mass is 9.76. The van der Waals surface area contributed by atoms with Crippen LogP contribution in [0.2, 0.25) is 0 Å². The number of hydrogen-bond acceptors (Lipinski definition) is 5. The van der Waals surface area contributed by atoms with E-state index in [2.05, 4.69) is 22.2 Å². The Morgan fingerprint density at radius 1 is 1.33 bits per heavy atom. The monoisotopic (exact) mass is 250 g/mol. The maximum Gasteiger partial charge on any atom is 0.305 e. The van der Waals surface area contributed by atoms with Crippen LogP contribution in [0.4, 0.5) is 11.6 Å². The molecule has 1 aromatic heterocycles. The summed E-state index contributed by atoms with van der Waals surface area (Å²) in [7, 11) is 0. The highest BCUT2D eigenvalue weighted by Crippen LogP contribution is 2.35. The minimum absolute atomic E-state index is 0.0792. The second kappa shape index (κ2) is 5.29. The van der Waals surface area contributed by atoms with Gasteiger partial charge in [0.05, 0.1) is 4.92 Å². The van der Waals surface area contributed by atoms with Crippen molar-refractivity contribution in [3.63, 3.8) is 0 Å². The van der Waals surface area contributed by atoms with Crippen molar-refractivity contribution in [2.75, 3.05) is 11.9 Å². The van der Waals surface area contributed by atoms with Crippen molar-refractivity contribution in [1.29, 1.82) is 0 Å². The standard InChI is InChI=1S/C12H18N4O2/c1-12(5-3-2-4-6-12)9-15-11-13-7-10(8-14-11)16(17)18/h7-8H,2-6,9H2,1H3,(H,13,14,15).